The summed E-state index contributed by atoms with van der Waals surface area (Å²) in [5.74, 6) is 1.94. The zero-order chi connectivity index (χ0) is 21.3. The van der Waals surface area contributed by atoms with E-state index in [1.54, 1.807) is 14.2 Å². The Morgan fingerprint density at radius 1 is 1.17 bits per heavy atom. The Morgan fingerprint density at radius 2 is 1.97 bits per heavy atom. The molecule has 1 amide bonds. The number of nitrogens with one attached hydrogen (secondary N) is 2. The Hall–Kier alpha value is -3.02. The largest absolute Gasteiger partial charge is 0.496 e. The van der Waals surface area contributed by atoms with Crippen molar-refractivity contribution < 1.29 is 9.53 Å². The monoisotopic (exact) mass is 408 g/mol. The summed E-state index contributed by atoms with van der Waals surface area (Å²) in [6.45, 7) is 5.02. The van der Waals surface area contributed by atoms with Gasteiger partial charge in [-0.2, -0.15) is 0 Å². The molecule has 0 atom stereocenters. The van der Waals surface area contributed by atoms with Gasteiger partial charge in [0.05, 0.1) is 7.11 Å². The van der Waals surface area contributed by atoms with Crippen LogP contribution in [0.25, 0.3) is 0 Å². The molecule has 6 heteroatoms. The number of aryl methyl sites for hydroxylation is 1. The van der Waals surface area contributed by atoms with Gasteiger partial charge in [-0.3, -0.25) is 9.79 Å². The number of amides is 1. The number of aliphatic imine (C=N–C) groups is 1. The lowest BCUT2D eigenvalue weighted by Crippen LogP contribution is -2.38. The molecule has 0 saturated carbocycles. The van der Waals surface area contributed by atoms with Gasteiger partial charge >= 0.3 is 0 Å². The molecule has 6 nitrogen and oxygen atoms in total. The minimum Gasteiger partial charge on any atom is -0.496 e. The third kappa shape index (κ3) is 5.75. The van der Waals surface area contributed by atoms with E-state index in [1.807, 2.05) is 24.0 Å². The number of carbonyl (C=O) groups is 1. The van der Waals surface area contributed by atoms with Crippen LogP contribution >= 0.6 is 0 Å². The van der Waals surface area contributed by atoms with Crippen LogP contribution in [0.2, 0.25) is 0 Å². The zero-order valence-electron chi connectivity index (χ0n) is 18.2. The van der Waals surface area contributed by atoms with Gasteiger partial charge in [0, 0.05) is 39.6 Å². The van der Waals surface area contributed by atoms with Crippen molar-refractivity contribution in [1.29, 1.82) is 0 Å². The maximum atomic E-state index is 12.0. The summed E-state index contributed by atoms with van der Waals surface area (Å²) in [6.07, 6.45) is 2.51. The molecule has 2 N–H and O–H groups in total. The van der Waals surface area contributed by atoms with Gasteiger partial charge in [-0.1, -0.05) is 36.4 Å². The minimum absolute atomic E-state index is 0.253. The van der Waals surface area contributed by atoms with E-state index >= 15 is 0 Å². The third-order valence-electron chi connectivity index (χ3n) is 5.50. The first kappa shape index (κ1) is 21.7. The molecule has 1 aliphatic heterocycles. The van der Waals surface area contributed by atoms with E-state index in [0.29, 0.717) is 19.5 Å². The quantitative estimate of drug-likeness (QED) is 0.521. The Morgan fingerprint density at radius 3 is 2.67 bits per heavy atom. The van der Waals surface area contributed by atoms with Crippen molar-refractivity contribution in [2.24, 2.45) is 4.99 Å². The number of likely N-dealkylation sites (tertiary alicyclic amines) is 1. The number of carbonyl (C=O) groups excluding carboxylic acids is 1. The smallest absolute Gasteiger partial charge is 0.222 e. The van der Waals surface area contributed by atoms with E-state index in [2.05, 4.69) is 46.0 Å². The van der Waals surface area contributed by atoms with Gasteiger partial charge in [-0.15, -0.1) is 0 Å². The maximum Gasteiger partial charge on any atom is 0.222 e. The molecule has 2 aromatic rings. The summed E-state index contributed by atoms with van der Waals surface area (Å²) in [5.41, 5.74) is 4.73. The molecule has 0 radical (unpaired) electrons. The number of hydrogen-bond acceptors (Lipinski definition) is 3. The highest BCUT2D eigenvalue weighted by molar-refractivity contribution is 5.79. The fourth-order valence-corrected chi connectivity index (χ4v) is 3.71. The summed E-state index contributed by atoms with van der Waals surface area (Å²) < 4.78 is 5.41. The SMILES string of the molecule is CN=C(NCCc1ccc(C)c(OC)c1)NCc1ccccc1CN1CCCC1=O. The van der Waals surface area contributed by atoms with Crippen LogP contribution < -0.4 is 15.4 Å². The van der Waals surface area contributed by atoms with Crippen LogP contribution in [-0.4, -0.2) is 44.0 Å². The Kier molecular flexibility index (Phi) is 7.71. The van der Waals surface area contributed by atoms with Crippen molar-refractivity contribution >= 4 is 11.9 Å². The molecule has 0 aliphatic carbocycles. The predicted octanol–water partition coefficient (Wildman–Crippen LogP) is 3.03. The lowest BCUT2D eigenvalue weighted by Gasteiger charge is -2.19. The van der Waals surface area contributed by atoms with Gasteiger partial charge in [0.25, 0.3) is 0 Å². The standard InChI is InChI=1S/C24H32N4O2/c1-18-10-11-19(15-22(18)30-3)12-13-26-24(25-2)27-16-20-7-4-5-8-21(20)17-28-14-6-9-23(28)29/h4-5,7-8,10-11,15H,6,9,12-14,16-17H2,1-3H3,(H2,25,26,27). The van der Waals surface area contributed by atoms with Crippen LogP contribution in [0.3, 0.4) is 0 Å². The lowest BCUT2D eigenvalue weighted by atomic mass is 10.1. The Labute approximate surface area is 179 Å². The average Bonchev–Trinajstić information content (AvgIpc) is 3.17. The summed E-state index contributed by atoms with van der Waals surface area (Å²) >= 11 is 0. The first-order valence-corrected chi connectivity index (χ1v) is 10.5. The third-order valence-corrected chi connectivity index (χ3v) is 5.50. The van der Waals surface area contributed by atoms with E-state index in [0.717, 1.165) is 43.2 Å². The van der Waals surface area contributed by atoms with Crippen molar-refractivity contribution in [3.63, 3.8) is 0 Å². The van der Waals surface area contributed by atoms with E-state index < -0.39 is 0 Å². The van der Waals surface area contributed by atoms with Crippen molar-refractivity contribution in [1.82, 2.24) is 15.5 Å². The summed E-state index contributed by atoms with van der Waals surface area (Å²) in [6, 6.07) is 14.6. The fraction of sp³-hybridized carbons (Fsp3) is 0.417. The van der Waals surface area contributed by atoms with Crippen LogP contribution in [0.15, 0.2) is 47.5 Å². The highest BCUT2D eigenvalue weighted by Gasteiger charge is 2.20. The van der Waals surface area contributed by atoms with Crippen molar-refractivity contribution in [2.45, 2.75) is 39.3 Å². The topological polar surface area (TPSA) is 66.0 Å². The highest BCUT2D eigenvalue weighted by atomic mass is 16.5. The molecule has 30 heavy (non-hydrogen) atoms. The second-order valence-electron chi connectivity index (χ2n) is 7.59. The maximum absolute atomic E-state index is 12.0. The van der Waals surface area contributed by atoms with Crippen molar-refractivity contribution in [3.8, 4) is 5.75 Å². The van der Waals surface area contributed by atoms with E-state index in [9.17, 15) is 4.79 Å². The fourth-order valence-electron chi connectivity index (χ4n) is 3.71. The van der Waals surface area contributed by atoms with Crippen molar-refractivity contribution in [3.05, 3.63) is 64.7 Å². The molecule has 1 fully saturated rings. The van der Waals surface area contributed by atoms with Gasteiger partial charge in [-0.25, -0.2) is 0 Å². The van der Waals surface area contributed by atoms with E-state index in [1.165, 1.54) is 16.7 Å². The number of benzene rings is 2. The van der Waals surface area contributed by atoms with Gasteiger partial charge in [0.1, 0.15) is 5.75 Å². The molecule has 2 aromatic carbocycles. The molecule has 0 aromatic heterocycles. The highest BCUT2D eigenvalue weighted by Crippen LogP contribution is 2.19. The molecule has 0 unspecified atom stereocenters. The molecular weight excluding hydrogens is 376 g/mol. The number of guanidine groups is 1. The summed E-state index contributed by atoms with van der Waals surface area (Å²) in [5, 5.41) is 6.76. The normalized spacial score (nSPS) is 14.2. The first-order chi connectivity index (χ1) is 14.6. The van der Waals surface area contributed by atoms with Crippen LogP contribution in [0.1, 0.15) is 35.1 Å². The molecule has 3 rings (SSSR count). The predicted molar refractivity (Wildman–Crippen MR) is 121 cm³/mol. The van der Waals surface area contributed by atoms with Gasteiger partial charge < -0.3 is 20.3 Å². The van der Waals surface area contributed by atoms with E-state index in [-0.39, 0.29) is 5.91 Å². The average molecular weight is 409 g/mol. The Bertz CT molecular complexity index is 895. The molecule has 0 bridgehead atoms. The summed E-state index contributed by atoms with van der Waals surface area (Å²) in [4.78, 5) is 18.2. The molecule has 1 saturated heterocycles. The van der Waals surface area contributed by atoms with Gasteiger partial charge in [0.15, 0.2) is 5.96 Å². The summed E-state index contributed by atoms with van der Waals surface area (Å²) in [7, 11) is 3.48. The molecule has 160 valence electrons. The second kappa shape index (κ2) is 10.7. The van der Waals surface area contributed by atoms with Crippen LogP contribution in [0.5, 0.6) is 5.75 Å². The lowest BCUT2D eigenvalue weighted by molar-refractivity contribution is -0.128. The second-order valence-corrected chi connectivity index (χ2v) is 7.59. The van der Waals surface area contributed by atoms with Crippen LogP contribution in [-0.2, 0) is 24.3 Å². The minimum atomic E-state index is 0.253. The van der Waals surface area contributed by atoms with Crippen molar-refractivity contribution in [2.75, 3.05) is 27.2 Å². The van der Waals surface area contributed by atoms with Gasteiger partial charge in [0.2, 0.25) is 5.91 Å². The number of nitrogens with zero attached hydrogens (tertiary/aromatic N) is 2. The van der Waals surface area contributed by atoms with E-state index in [4.69, 9.17) is 4.74 Å². The first-order valence-electron chi connectivity index (χ1n) is 10.5. The number of hydrogen-bond donors (Lipinski definition) is 2. The van der Waals surface area contributed by atoms with Crippen LogP contribution in [0.4, 0.5) is 0 Å². The van der Waals surface area contributed by atoms with Gasteiger partial charge in [-0.05, 0) is 48.1 Å². The number of ether oxygens (including phenoxy) is 1. The molecule has 0 spiro atoms. The number of methoxy groups -OCH3 is 1. The molecular formula is C24H32N4O2. The Balaban J connectivity index is 1.51. The molecule has 1 heterocycles. The van der Waals surface area contributed by atoms with Crippen LogP contribution in [0, 0.1) is 6.92 Å². The number of rotatable bonds is 8. The molecule has 1 aliphatic rings. The zero-order valence-corrected chi connectivity index (χ0v) is 18.2.